The van der Waals surface area contributed by atoms with Crippen LogP contribution < -0.4 is 4.74 Å². The molecule has 0 bridgehead atoms. The summed E-state index contributed by atoms with van der Waals surface area (Å²) in [6, 6.07) is 5.08. The van der Waals surface area contributed by atoms with Gasteiger partial charge in [0.2, 0.25) is 0 Å². The molecule has 0 amide bonds. The molecule has 0 heterocycles. The Morgan fingerprint density at radius 3 is 2.92 bits per heavy atom. The van der Waals surface area contributed by atoms with Crippen LogP contribution in [-0.4, -0.2) is 7.11 Å². The van der Waals surface area contributed by atoms with E-state index in [-0.39, 0.29) is 6.54 Å². The molecule has 0 saturated heterocycles. The van der Waals surface area contributed by atoms with Crippen molar-refractivity contribution in [2.24, 2.45) is 5.18 Å². The second-order valence-corrected chi connectivity index (χ2v) is 2.68. The fraction of sp³-hybridized carbons (Fsp3) is 0.250. The zero-order chi connectivity index (χ0) is 8.97. The van der Waals surface area contributed by atoms with Crippen LogP contribution in [0.4, 0.5) is 0 Å². The largest absolute Gasteiger partial charge is 0.496 e. The van der Waals surface area contributed by atoms with Crippen molar-refractivity contribution in [2.75, 3.05) is 7.11 Å². The summed E-state index contributed by atoms with van der Waals surface area (Å²) in [5, 5.41) is 3.35. The Morgan fingerprint density at radius 1 is 1.58 bits per heavy atom. The lowest BCUT2D eigenvalue weighted by Gasteiger charge is -2.04. The summed E-state index contributed by atoms with van der Waals surface area (Å²) in [7, 11) is 1.54. The lowest BCUT2D eigenvalue weighted by molar-refractivity contribution is 0.410. The highest BCUT2D eigenvalue weighted by atomic mass is 35.5. The summed E-state index contributed by atoms with van der Waals surface area (Å²) in [4.78, 5) is 10.0. The van der Waals surface area contributed by atoms with Crippen molar-refractivity contribution in [3.8, 4) is 5.75 Å². The minimum Gasteiger partial charge on any atom is -0.496 e. The second-order valence-electron chi connectivity index (χ2n) is 2.24. The molecule has 0 N–H and O–H groups in total. The van der Waals surface area contributed by atoms with Gasteiger partial charge in [0, 0.05) is 10.6 Å². The molecule has 0 atom stereocenters. The number of hydrogen-bond donors (Lipinski definition) is 0. The number of hydrogen-bond acceptors (Lipinski definition) is 3. The van der Waals surface area contributed by atoms with E-state index in [1.165, 1.54) is 7.11 Å². The minimum absolute atomic E-state index is 0.0870. The number of ether oxygens (including phenoxy) is 1. The zero-order valence-corrected chi connectivity index (χ0v) is 7.34. The molecular formula is C8H8ClNO2. The van der Waals surface area contributed by atoms with Crippen molar-refractivity contribution in [1.82, 2.24) is 0 Å². The molecule has 0 aliphatic heterocycles. The Labute approximate surface area is 75.3 Å². The first-order chi connectivity index (χ1) is 5.77. The lowest BCUT2D eigenvalue weighted by atomic mass is 10.2. The van der Waals surface area contributed by atoms with E-state index in [4.69, 9.17) is 16.3 Å². The lowest BCUT2D eigenvalue weighted by Crippen LogP contribution is -1.89. The predicted octanol–water partition coefficient (Wildman–Crippen LogP) is 2.62. The monoisotopic (exact) mass is 185 g/mol. The fourth-order valence-corrected chi connectivity index (χ4v) is 1.13. The SMILES string of the molecule is COc1ccc(Cl)cc1CN=O. The van der Waals surface area contributed by atoms with Crippen molar-refractivity contribution in [2.45, 2.75) is 6.54 Å². The maximum atomic E-state index is 10.0. The van der Waals surface area contributed by atoms with Crippen LogP contribution in [0.3, 0.4) is 0 Å². The normalized spacial score (nSPS) is 9.50. The number of nitrogens with zero attached hydrogens (tertiary/aromatic N) is 1. The smallest absolute Gasteiger partial charge is 0.124 e. The number of halogens is 1. The Kier molecular flexibility index (Phi) is 3.05. The summed E-state index contributed by atoms with van der Waals surface area (Å²) in [5.41, 5.74) is 0.708. The molecule has 0 aliphatic carbocycles. The van der Waals surface area contributed by atoms with E-state index in [9.17, 15) is 4.91 Å². The topological polar surface area (TPSA) is 38.7 Å². The van der Waals surface area contributed by atoms with Crippen LogP contribution in [0.1, 0.15) is 5.56 Å². The molecule has 12 heavy (non-hydrogen) atoms. The summed E-state index contributed by atoms with van der Waals surface area (Å²) in [6.07, 6.45) is 0. The number of nitroso groups, excluding NO2 is 1. The van der Waals surface area contributed by atoms with Crippen LogP contribution >= 0.6 is 11.6 Å². The van der Waals surface area contributed by atoms with Crippen LogP contribution in [0.25, 0.3) is 0 Å². The molecule has 0 unspecified atom stereocenters. The van der Waals surface area contributed by atoms with Gasteiger partial charge in [-0.15, -0.1) is 0 Å². The van der Waals surface area contributed by atoms with E-state index in [1.54, 1.807) is 18.2 Å². The average molecular weight is 186 g/mol. The fourth-order valence-electron chi connectivity index (χ4n) is 0.940. The maximum absolute atomic E-state index is 10.0. The molecule has 1 aromatic carbocycles. The summed E-state index contributed by atoms with van der Waals surface area (Å²) < 4.78 is 5.00. The van der Waals surface area contributed by atoms with Gasteiger partial charge in [-0.05, 0) is 18.2 Å². The summed E-state index contributed by atoms with van der Waals surface area (Å²) >= 11 is 5.71. The summed E-state index contributed by atoms with van der Waals surface area (Å²) in [6.45, 7) is 0.0870. The van der Waals surface area contributed by atoms with Gasteiger partial charge >= 0.3 is 0 Å². The first-order valence-corrected chi connectivity index (χ1v) is 3.77. The van der Waals surface area contributed by atoms with E-state index >= 15 is 0 Å². The molecule has 1 aromatic rings. The first kappa shape index (κ1) is 9.00. The predicted molar refractivity (Wildman–Crippen MR) is 47.5 cm³/mol. The van der Waals surface area contributed by atoms with Crippen LogP contribution in [-0.2, 0) is 6.54 Å². The van der Waals surface area contributed by atoms with Gasteiger partial charge in [-0.1, -0.05) is 16.8 Å². The third-order valence-electron chi connectivity index (χ3n) is 1.48. The molecule has 0 aromatic heterocycles. The van der Waals surface area contributed by atoms with Crippen molar-refractivity contribution in [1.29, 1.82) is 0 Å². The molecule has 0 spiro atoms. The standard InChI is InChI=1S/C8H8ClNO2/c1-12-8-3-2-7(9)4-6(8)5-10-11/h2-4H,5H2,1H3. The van der Waals surface area contributed by atoms with Gasteiger partial charge in [-0.25, -0.2) is 0 Å². The number of benzene rings is 1. The highest BCUT2D eigenvalue weighted by Crippen LogP contribution is 2.22. The van der Waals surface area contributed by atoms with Gasteiger partial charge in [0.05, 0.1) is 7.11 Å². The Hall–Kier alpha value is -1.09. The van der Waals surface area contributed by atoms with Gasteiger partial charge in [0.1, 0.15) is 12.3 Å². The molecule has 64 valence electrons. The maximum Gasteiger partial charge on any atom is 0.124 e. The van der Waals surface area contributed by atoms with Crippen LogP contribution in [0, 0.1) is 4.91 Å². The van der Waals surface area contributed by atoms with Crippen molar-refractivity contribution in [3.05, 3.63) is 33.7 Å². The van der Waals surface area contributed by atoms with Crippen LogP contribution in [0.2, 0.25) is 5.02 Å². The number of methoxy groups -OCH3 is 1. The Bertz CT molecular complexity index is 288. The Morgan fingerprint density at radius 2 is 2.33 bits per heavy atom. The van der Waals surface area contributed by atoms with Crippen molar-refractivity contribution >= 4 is 11.6 Å². The second kappa shape index (κ2) is 4.07. The molecule has 0 radical (unpaired) electrons. The van der Waals surface area contributed by atoms with E-state index in [0.717, 1.165) is 0 Å². The number of rotatable bonds is 3. The molecule has 4 heteroatoms. The van der Waals surface area contributed by atoms with Gasteiger partial charge in [0.15, 0.2) is 0 Å². The Balaban J connectivity index is 3.03. The molecule has 3 nitrogen and oxygen atoms in total. The third kappa shape index (κ3) is 1.95. The molecule has 0 fully saturated rings. The minimum atomic E-state index is 0.0870. The average Bonchev–Trinajstić information content (AvgIpc) is 2.05. The van der Waals surface area contributed by atoms with Gasteiger partial charge in [-0.2, -0.15) is 4.91 Å². The van der Waals surface area contributed by atoms with Crippen molar-refractivity contribution < 1.29 is 4.74 Å². The molecular weight excluding hydrogens is 178 g/mol. The highest BCUT2D eigenvalue weighted by Gasteiger charge is 2.02. The van der Waals surface area contributed by atoms with E-state index < -0.39 is 0 Å². The summed E-state index contributed by atoms with van der Waals surface area (Å²) in [5.74, 6) is 0.638. The molecule has 0 saturated carbocycles. The molecule has 1 rings (SSSR count). The highest BCUT2D eigenvalue weighted by molar-refractivity contribution is 6.30. The van der Waals surface area contributed by atoms with Gasteiger partial charge < -0.3 is 4.74 Å². The van der Waals surface area contributed by atoms with E-state index in [2.05, 4.69) is 5.18 Å². The van der Waals surface area contributed by atoms with E-state index in [1.807, 2.05) is 0 Å². The van der Waals surface area contributed by atoms with Crippen LogP contribution in [0.5, 0.6) is 5.75 Å². The van der Waals surface area contributed by atoms with Crippen molar-refractivity contribution in [3.63, 3.8) is 0 Å². The quantitative estimate of drug-likeness (QED) is 0.679. The molecule has 0 aliphatic rings. The van der Waals surface area contributed by atoms with Gasteiger partial charge in [0.25, 0.3) is 0 Å². The first-order valence-electron chi connectivity index (χ1n) is 3.39. The van der Waals surface area contributed by atoms with Crippen LogP contribution in [0.15, 0.2) is 23.4 Å². The zero-order valence-electron chi connectivity index (χ0n) is 6.58. The van der Waals surface area contributed by atoms with Gasteiger partial charge in [-0.3, -0.25) is 0 Å². The third-order valence-corrected chi connectivity index (χ3v) is 1.71. The van der Waals surface area contributed by atoms with E-state index in [0.29, 0.717) is 16.3 Å².